The molecule has 0 aliphatic heterocycles. The van der Waals surface area contributed by atoms with Crippen LogP contribution in [0.4, 0.5) is 17.6 Å². The number of benzene rings is 1. The van der Waals surface area contributed by atoms with Crippen LogP contribution in [0, 0.1) is 36.1 Å². The molecular formula is C17H16ClF4N3O2. The lowest BCUT2D eigenvalue weighted by Crippen LogP contribution is -2.27. The van der Waals surface area contributed by atoms with Crippen molar-refractivity contribution >= 4 is 17.5 Å². The summed E-state index contributed by atoms with van der Waals surface area (Å²) in [7, 11) is 1.46. The smallest absolute Gasteiger partial charge is 0.271 e. The average molecular weight is 406 g/mol. The molecule has 3 rings (SSSR count). The lowest BCUT2D eigenvalue weighted by Gasteiger charge is -2.13. The molecule has 1 amide bonds. The van der Waals surface area contributed by atoms with Crippen LogP contribution in [0.2, 0.25) is 5.02 Å². The highest BCUT2D eigenvalue weighted by Gasteiger charge is 2.29. The Morgan fingerprint density at radius 1 is 1.22 bits per heavy atom. The zero-order valence-corrected chi connectivity index (χ0v) is 15.3. The first-order valence-electron chi connectivity index (χ1n) is 8.17. The molecule has 1 aliphatic rings. The standard InChI is InChI=1S/C17H16ClF4N3O2/c1-7-10(18)15(25(2)24-7)17(26)23-5-9-11(19)13(21)16(14(22)12(9)20)27-6-8-3-4-8/h8H,3-6H2,1-2H3,(H,23,26). The van der Waals surface area contributed by atoms with Gasteiger partial charge in [0.1, 0.15) is 5.69 Å². The summed E-state index contributed by atoms with van der Waals surface area (Å²) in [6.07, 6.45) is 1.68. The predicted octanol–water partition coefficient (Wildman–Crippen LogP) is 3.66. The lowest BCUT2D eigenvalue weighted by atomic mass is 10.1. The van der Waals surface area contributed by atoms with Crippen LogP contribution < -0.4 is 10.1 Å². The number of aryl methyl sites for hydroxylation is 2. The van der Waals surface area contributed by atoms with Gasteiger partial charge in [-0.05, 0) is 25.7 Å². The number of ether oxygens (including phenoxy) is 1. The van der Waals surface area contributed by atoms with E-state index in [9.17, 15) is 22.4 Å². The molecule has 2 aromatic rings. The zero-order valence-electron chi connectivity index (χ0n) is 14.5. The Bertz CT molecular complexity index is 883. The molecule has 1 fully saturated rings. The van der Waals surface area contributed by atoms with E-state index in [2.05, 4.69) is 10.4 Å². The Morgan fingerprint density at radius 3 is 2.30 bits per heavy atom. The summed E-state index contributed by atoms with van der Waals surface area (Å²) in [4.78, 5) is 12.2. The maximum Gasteiger partial charge on any atom is 0.271 e. The largest absolute Gasteiger partial charge is 0.487 e. The maximum absolute atomic E-state index is 14.2. The third-order valence-corrected chi connectivity index (χ3v) is 4.72. The van der Waals surface area contributed by atoms with Crippen LogP contribution in [-0.4, -0.2) is 22.3 Å². The van der Waals surface area contributed by atoms with Gasteiger partial charge in [-0.25, -0.2) is 8.78 Å². The highest BCUT2D eigenvalue weighted by Crippen LogP contribution is 2.34. The molecule has 0 saturated heterocycles. The fourth-order valence-corrected chi connectivity index (χ4v) is 2.80. The number of rotatable bonds is 6. The second-order valence-electron chi connectivity index (χ2n) is 6.37. The van der Waals surface area contributed by atoms with Crippen molar-refractivity contribution in [1.82, 2.24) is 15.1 Å². The van der Waals surface area contributed by atoms with E-state index in [0.717, 1.165) is 12.8 Å². The summed E-state index contributed by atoms with van der Waals surface area (Å²) in [5, 5.41) is 6.19. The van der Waals surface area contributed by atoms with Crippen LogP contribution in [0.5, 0.6) is 5.75 Å². The molecule has 0 unspecified atom stereocenters. The van der Waals surface area contributed by atoms with E-state index in [1.54, 1.807) is 6.92 Å². The van der Waals surface area contributed by atoms with E-state index in [0.29, 0.717) is 5.69 Å². The van der Waals surface area contributed by atoms with Gasteiger partial charge in [0.2, 0.25) is 11.6 Å². The number of carbonyl (C=O) groups is 1. The van der Waals surface area contributed by atoms with Crippen molar-refractivity contribution in [3.63, 3.8) is 0 Å². The fraction of sp³-hybridized carbons (Fsp3) is 0.412. The van der Waals surface area contributed by atoms with E-state index in [1.807, 2.05) is 0 Å². The van der Waals surface area contributed by atoms with Crippen molar-refractivity contribution < 1.29 is 27.1 Å². The molecule has 1 aromatic carbocycles. The molecule has 146 valence electrons. The number of halogens is 5. The van der Waals surface area contributed by atoms with E-state index in [4.69, 9.17) is 16.3 Å². The fourth-order valence-electron chi connectivity index (χ4n) is 2.56. The minimum absolute atomic E-state index is 0.0128. The highest BCUT2D eigenvalue weighted by atomic mass is 35.5. The van der Waals surface area contributed by atoms with Crippen LogP contribution in [0.25, 0.3) is 0 Å². The van der Waals surface area contributed by atoms with Crippen LogP contribution in [0.1, 0.15) is 34.6 Å². The van der Waals surface area contributed by atoms with Gasteiger partial charge in [0.25, 0.3) is 5.91 Å². The second kappa shape index (κ2) is 7.38. The van der Waals surface area contributed by atoms with Crippen LogP contribution >= 0.6 is 11.6 Å². The van der Waals surface area contributed by atoms with Gasteiger partial charge in [-0.3, -0.25) is 9.48 Å². The SMILES string of the molecule is Cc1nn(C)c(C(=O)NCc2c(F)c(F)c(OCC3CC3)c(F)c2F)c1Cl. The number of carbonyl (C=O) groups excluding carboxylic acids is 1. The van der Waals surface area contributed by atoms with Crippen LogP contribution in [-0.2, 0) is 13.6 Å². The Kier molecular flexibility index (Phi) is 5.32. The van der Waals surface area contributed by atoms with Crippen molar-refractivity contribution in [2.24, 2.45) is 13.0 Å². The van der Waals surface area contributed by atoms with Crippen molar-refractivity contribution in [1.29, 1.82) is 0 Å². The first-order chi connectivity index (χ1) is 12.7. The third-order valence-electron chi connectivity index (χ3n) is 4.26. The van der Waals surface area contributed by atoms with E-state index < -0.39 is 47.0 Å². The van der Waals surface area contributed by atoms with Crippen LogP contribution in [0.15, 0.2) is 0 Å². The van der Waals surface area contributed by atoms with Crippen molar-refractivity contribution in [2.75, 3.05) is 6.61 Å². The van der Waals surface area contributed by atoms with Crippen molar-refractivity contribution in [3.8, 4) is 5.75 Å². The molecule has 0 atom stereocenters. The molecule has 1 saturated carbocycles. The minimum atomic E-state index is -1.63. The van der Waals surface area contributed by atoms with Crippen molar-refractivity contribution in [2.45, 2.75) is 26.3 Å². The topological polar surface area (TPSA) is 56.2 Å². The molecule has 0 radical (unpaired) electrons. The molecule has 0 bridgehead atoms. The average Bonchev–Trinajstić information content (AvgIpc) is 3.40. The van der Waals surface area contributed by atoms with Gasteiger partial charge < -0.3 is 10.1 Å². The Labute approximate surface area is 157 Å². The maximum atomic E-state index is 14.2. The first kappa shape index (κ1) is 19.5. The molecular weight excluding hydrogens is 390 g/mol. The number of nitrogens with zero attached hydrogens (tertiary/aromatic N) is 2. The first-order valence-corrected chi connectivity index (χ1v) is 8.55. The number of nitrogens with one attached hydrogen (secondary N) is 1. The monoisotopic (exact) mass is 405 g/mol. The van der Waals surface area contributed by atoms with E-state index in [1.165, 1.54) is 11.7 Å². The molecule has 1 aromatic heterocycles. The summed E-state index contributed by atoms with van der Waals surface area (Å²) in [5.41, 5.74) is -0.608. The van der Waals surface area contributed by atoms with Gasteiger partial charge in [0.05, 0.1) is 17.3 Å². The number of hydrogen-bond donors (Lipinski definition) is 1. The molecule has 1 heterocycles. The van der Waals surface area contributed by atoms with Crippen LogP contribution in [0.3, 0.4) is 0 Å². The highest BCUT2D eigenvalue weighted by molar-refractivity contribution is 6.34. The summed E-state index contributed by atoms with van der Waals surface area (Å²) in [5.74, 6) is -8.24. The van der Waals surface area contributed by atoms with E-state index in [-0.39, 0.29) is 23.2 Å². The number of hydrogen-bond acceptors (Lipinski definition) is 3. The quantitative estimate of drug-likeness (QED) is 0.589. The Balaban J connectivity index is 1.81. The molecule has 5 nitrogen and oxygen atoms in total. The van der Waals surface area contributed by atoms with Gasteiger partial charge in [0, 0.05) is 19.2 Å². The van der Waals surface area contributed by atoms with Crippen molar-refractivity contribution in [3.05, 3.63) is 45.2 Å². The van der Waals surface area contributed by atoms with Gasteiger partial charge >= 0.3 is 0 Å². The number of amides is 1. The molecule has 27 heavy (non-hydrogen) atoms. The summed E-state index contributed by atoms with van der Waals surface area (Å²) in [6, 6.07) is 0. The van der Waals surface area contributed by atoms with Gasteiger partial charge in [0.15, 0.2) is 17.4 Å². The number of aromatic nitrogens is 2. The normalized spacial score (nSPS) is 13.7. The van der Waals surface area contributed by atoms with E-state index >= 15 is 0 Å². The Hall–Kier alpha value is -2.29. The minimum Gasteiger partial charge on any atom is -0.487 e. The predicted molar refractivity (Wildman–Crippen MR) is 88.6 cm³/mol. The third kappa shape index (κ3) is 3.73. The zero-order chi connectivity index (χ0) is 19.9. The van der Waals surface area contributed by atoms with Gasteiger partial charge in [-0.15, -0.1) is 0 Å². The summed E-state index contributed by atoms with van der Waals surface area (Å²) < 4.78 is 62.7. The van der Waals surface area contributed by atoms with Gasteiger partial charge in [-0.2, -0.15) is 13.9 Å². The van der Waals surface area contributed by atoms with Gasteiger partial charge in [-0.1, -0.05) is 11.6 Å². The molecule has 1 aliphatic carbocycles. The molecule has 0 spiro atoms. The summed E-state index contributed by atoms with van der Waals surface area (Å²) in [6.45, 7) is 0.776. The Morgan fingerprint density at radius 2 is 1.81 bits per heavy atom. The summed E-state index contributed by atoms with van der Waals surface area (Å²) >= 11 is 5.96. The molecule has 10 heteroatoms. The lowest BCUT2D eigenvalue weighted by molar-refractivity contribution is 0.0940. The second-order valence-corrected chi connectivity index (χ2v) is 6.75. The molecule has 1 N–H and O–H groups in total.